The first-order valence-electron chi connectivity index (χ1n) is 6.03. The maximum Gasteiger partial charge on any atom is 0.0642 e. The van der Waals surface area contributed by atoms with Crippen LogP contribution in [0.1, 0.15) is 12.8 Å². The molecule has 1 aliphatic rings. The van der Waals surface area contributed by atoms with Gasteiger partial charge in [-0.1, -0.05) is 15.9 Å². The largest absolute Gasteiger partial charge is 0.383 e. The van der Waals surface area contributed by atoms with E-state index in [2.05, 4.69) is 33.4 Å². The van der Waals surface area contributed by atoms with Gasteiger partial charge in [-0.15, -0.1) is 0 Å². The van der Waals surface area contributed by atoms with E-state index in [1.165, 1.54) is 0 Å². The molecule has 1 saturated heterocycles. The van der Waals surface area contributed by atoms with Gasteiger partial charge in [0.25, 0.3) is 0 Å². The Bertz CT molecular complexity index is 323. The Kier molecular flexibility index (Phi) is 5.29. The number of ether oxygens (including phenoxy) is 2. The summed E-state index contributed by atoms with van der Waals surface area (Å²) in [5, 5.41) is 3.33. The van der Waals surface area contributed by atoms with Crippen molar-refractivity contribution in [2.24, 2.45) is 0 Å². The van der Waals surface area contributed by atoms with Crippen molar-refractivity contribution < 1.29 is 9.47 Å². The summed E-state index contributed by atoms with van der Waals surface area (Å²) in [5.41, 5.74) is 1.13. The number of halogens is 1. The monoisotopic (exact) mass is 299 g/mol. The third-order valence-electron chi connectivity index (χ3n) is 2.80. The second kappa shape index (κ2) is 6.99. The summed E-state index contributed by atoms with van der Waals surface area (Å²) in [7, 11) is 0. The number of benzene rings is 1. The molecule has 0 aromatic heterocycles. The number of hydrogen-bond donors (Lipinski definition) is 1. The molecule has 0 atom stereocenters. The summed E-state index contributed by atoms with van der Waals surface area (Å²) >= 11 is 3.42. The molecule has 1 aliphatic heterocycles. The van der Waals surface area contributed by atoms with Gasteiger partial charge in [0.15, 0.2) is 0 Å². The SMILES string of the molecule is Brc1ccc(NCCOC2CCOCC2)cc1. The number of anilines is 1. The zero-order valence-corrected chi connectivity index (χ0v) is 11.4. The van der Waals surface area contributed by atoms with Crippen LogP contribution in [0.25, 0.3) is 0 Å². The maximum atomic E-state index is 5.78. The van der Waals surface area contributed by atoms with Crippen LogP contribution in [-0.2, 0) is 9.47 Å². The second-order valence-corrected chi connectivity index (χ2v) is 5.03. The van der Waals surface area contributed by atoms with Gasteiger partial charge in [-0.05, 0) is 37.1 Å². The summed E-state index contributed by atoms with van der Waals surface area (Å²) in [6, 6.07) is 8.17. The highest BCUT2D eigenvalue weighted by molar-refractivity contribution is 9.10. The number of nitrogens with one attached hydrogen (secondary N) is 1. The molecule has 3 nitrogen and oxygen atoms in total. The predicted molar refractivity (Wildman–Crippen MR) is 72.4 cm³/mol. The minimum absolute atomic E-state index is 0.385. The fourth-order valence-electron chi connectivity index (χ4n) is 1.83. The van der Waals surface area contributed by atoms with Crippen molar-refractivity contribution in [3.63, 3.8) is 0 Å². The first kappa shape index (κ1) is 12.9. The Balaban J connectivity index is 1.60. The van der Waals surface area contributed by atoms with Crippen LogP contribution in [0.4, 0.5) is 5.69 Å². The van der Waals surface area contributed by atoms with Gasteiger partial charge in [-0.3, -0.25) is 0 Å². The highest BCUT2D eigenvalue weighted by Gasteiger charge is 2.13. The Morgan fingerprint density at radius 1 is 1.24 bits per heavy atom. The topological polar surface area (TPSA) is 30.5 Å². The molecule has 1 fully saturated rings. The minimum Gasteiger partial charge on any atom is -0.383 e. The van der Waals surface area contributed by atoms with Crippen molar-refractivity contribution in [3.8, 4) is 0 Å². The second-order valence-electron chi connectivity index (χ2n) is 4.12. The van der Waals surface area contributed by atoms with Crippen molar-refractivity contribution in [2.75, 3.05) is 31.7 Å². The maximum absolute atomic E-state index is 5.78. The van der Waals surface area contributed by atoms with E-state index >= 15 is 0 Å². The lowest BCUT2D eigenvalue weighted by Crippen LogP contribution is -2.25. The molecule has 0 amide bonds. The smallest absolute Gasteiger partial charge is 0.0642 e. The summed E-state index contributed by atoms with van der Waals surface area (Å²) in [6.07, 6.45) is 2.44. The van der Waals surface area contributed by atoms with Gasteiger partial charge >= 0.3 is 0 Å². The highest BCUT2D eigenvalue weighted by atomic mass is 79.9. The molecule has 1 aromatic rings. The molecule has 0 aliphatic carbocycles. The zero-order chi connectivity index (χ0) is 11.9. The van der Waals surface area contributed by atoms with E-state index in [0.29, 0.717) is 6.10 Å². The minimum atomic E-state index is 0.385. The lowest BCUT2D eigenvalue weighted by Gasteiger charge is -2.22. The van der Waals surface area contributed by atoms with Crippen LogP contribution in [0, 0.1) is 0 Å². The first-order chi connectivity index (χ1) is 8.34. The lowest BCUT2D eigenvalue weighted by atomic mass is 10.2. The standard InChI is InChI=1S/C13H18BrNO2/c14-11-1-3-12(4-2-11)15-7-10-17-13-5-8-16-9-6-13/h1-4,13,15H,5-10H2. The number of rotatable bonds is 5. The van der Waals surface area contributed by atoms with E-state index < -0.39 is 0 Å². The number of hydrogen-bond acceptors (Lipinski definition) is 3. The van der Waals surface area contributed by atoms with E-state index in [1.807, 2.05) is 12.1 Å². The van der Waals surface area contributed by atoms with E-state index in [-0.39, 0.29) is 0 Å². The lowest BCUT2D eigenvalue weighted by molar-refractivity contribution is -0.0283. The van der Waals surface area contributed by atoms with Crippen molar-refractivity contribution >= 4 is 21.6 Å². The molecule has 1 heterocycles. The molecule has 0 bridgehead atoms. The van der Waals surface area contributed by atoms with Gasteiger partial charge in [-0.2, -0.15) is 0 Å². The van der Waals surface area contributed by atoms with Crippen molar-refractivity contribution in [1.29, 1.82) is 0 Å². The van der Waals surface area contributed by atoms with Gasteiger partial charge in [0.05, 0.1) is 12.7 Å². The van der Waals surface area contributed by atoms with Gasteiger partial charge in [-0.25, -0.2) is 0 Å². The quantitative estimate of drug-likeness (QED) is 0.848. The van der Waals surface area contributed by atoms with E-state index in [4.69, 9.17) is 9.47 Å². The van der Waals surface area contributed by atoms with E-state index in [0.717, 1.165) is 49.4 Å². The molecule has 94 valence electrons. The van der Waals surface area contributed by atoms with Gasteiger partial charge in [0.2, 0.25) is 0 Å². The summed E-state index contributed by atoms with van der Waals surface area (Å²) in [6.45, 7) is 3.27. The Labute approximate surface area is 111 Å². The molecule has 17 heavy (non-hydrogen) atoms. The Morgan fingerprint density at radius 2 is 1.94 bits per heavy atom. The molecule has 4 heteroatoms. The van der Waals surface area contributed by atoms with E-state index in [9.17, 15) is 0 Å². The average molecular weight is 300 g/mol. The predicted octanol–water partition coefficient (Wildman–Crippen LogP) is 3.06. The van der Waals surface area contributed by atoms with Crippen molar-refractivity contribution in [3.05, 3.63) is 28.7 Å². The van der Waals surface area contributed by atoms with Gasteiger partial charge in [0, 0.05) is 29.9 Å². The van der Waals surface area contributed by atoms with Gasteiger partial charge < -0.3 is 14.8 Å². The molecule has 1 N–H and O–H groups in total. The third kappa shape index (κ3) is 4.66. The van der Waals surface area contributed by atoms with Crippen LogP contribution in [-0.4, -0.2) is 32.5 Å². The van der Waals surface area contributed by atoms with Gasteiger partial charge in [0.1, 0.15) is 0 Å². The Morgan fingerprint density at radius 3 is 2.65 bits per heavy atom. The zero-order valence-electron chi connectivity index (χ0n) is 9.82. The van der Waals surface area contributed by atoms with Crippen LogP contribution < -0.4 is 5.32 Å². The molecular weight excluding hydrogens is 282 g/mol. The normalized spacial score (nSPS) is 17.0. The molecule has 0 spiro atoms. The fourth-order valence-corrected chi connectivity index (χ4v) is 2.10. The van der Waals surface area contributed by atoms with Crippen LogP contribution in [0.15, 0.2) is 28.7 Å². The summed E-state index contributed by atoms with van der Waals surface area (Å²) < 4.78 is 12.2. The fraction of sp³-hybridized carbons (Fsp3) is 0.538. The molecular formula is C13H18BrNO2. The average Bonchev–Trinajstić information content (AvgIpc) is 2.38. The molecule has 0 unspecified atom stereocenters. The van der Waals surface area contributed by atoms with Crippen molar-refractivity contribution in [1.82, 2.24) is 0 Å². The molecule has 1 aromatic carbocycles. The highest BCUT2D eigenvalue weighted by Crippen LogP contribution is 2.14. The molecule has 2 rings (SSSR count). The Hall–Kier alpha value is -0.580. The molecule has 0 saturated carbocycles. The van der Waals surface area contributed by atoms with Crippen LogP contribution >= 0.6 is 15.9 Å². The van der Waals surface area contributed by atoms with Crippen LogP contribution in [0.5, 0.6) is 0 Å². The summed E-state index contributed by atoms with van der Waals surface area (Å²) in [4.78, 5) is 0. The van der Waals surface area contributed by atoms with Crippen LogP contribution in [0.3, 0.4) is 0 Å². The third-order valence-corrected chi connectivity index (χ3v) is 3.33. The van der Waals surface area contributed by atoms with E-state index in [1.54, 1.807) is 0 Å². The summed E-state index contributed by atoms with van der Waals surface area (Å²) in [5.74, 6) is 0. The van der Waals surface area contributed by atoms with Crippen LogP contribution in [0.2, 0.25) is 0 Å². The van der Waals surface area contributed by atoms with Crippen molar-refractivity contribution in [2.45, 2.75) is 18.9 Å². The first-order valence-corrected chi connectivity index (χ1v) is 6.83. The molecule has 0 radical (unpaired) electrons.